The van der Waals surface area contributed by atoms with Crippen molar-refractivity contribution in [1.82, 2.24) is 29.8 Å². The van der Waals surface area contributed by atoms with Crippen LogP contribution in [0, 0.1) is 5.41 Å². The fourth-order valence-electron chi connectivity index (χ4n) is 3.97. The lowest BCUT2D eigenvalue weighted by Gasteiger charge is -2.25. The fourth-order valence-corrected chi connectivity index (χ4v) is 3.97. The molecule has 1 saturated heterocycles. The molecule has 1 spiro atoms. The van der Waals surface area contributed by atoms with Crippen molar-refractivity contribution in [3.05, 3.63) is 36.8 Å². The molecule has 0 amide bonds. The minimum absolute atomic E-state index is 0.0989. The van der Waals surface area contributed by atoms with Crippen LogP contribution in [0.1, 0.15) is 23.3 Å². The van der Waals surface area contributed by atoms with Crippen LogP contribution in [0.25, 0.3) is 11.0 Å². The number of fused-ring (bicyclic) bond motifs is 1. The molecule has 0 radical (unpaired) electrons. The zero-order chi connectivity index (χ0) is 17.6. The van der Waals surface area contributed by atoms with Gasteiger partial charge in [0.1, 0.15) is 23.5 Å². The number of Topliss-reactive ketones (excluding diaryl/α,β-unsaturated/α-hetero) is 1. The highest BCUT2D eigenvalue weighted by Gasteiger charge is 2.47. The lowest BCUT2D eigenvalue weighted by Crippen LogP contribution is -2.35. The van der Waals surface area contributed by atoms with E-state index in [0.717, 1.165) is 43.0 Å². The molecule has 8 nitrogen and oxygen atoms in total. The number of H-pyrrole nitrogens is 2. The molecule has 1 aliphatic heterocycles. The van der Waals surface area contributed by atoms with Crippen LogP contribution in [0.2, 0.25) is 0 Å². The van der Waals surface area contributed by atoms with Crippen molar-refractivity contribution < 1.29 is 4.79 Å². The first-order valence-corrected chi connectivity index (χ1v) is 8.99. The summed E-state index contributed by atoms with van der Waals surface area (Å²) in [6, 6.07) is 2.04. The fraction of sp³-hybridized carbons (Fsp3) is 0.444. The van der Waals surface area contributed by atoms with Gasteiger partial charge < -0.3 is 14.9 Å². The molecule has 4 heterocycles. The quantitative estimate of drug-likeness (QED) is 0.691. The zero-order valence-corrected chi connectivity index (χ0v) is 14.5. The Bertz CT molecular complexity index is 928. The maximum atomic E-state index is 12.5. The number of rotatable bonds is 4. The van der Waals surface area contributed by atoms with E-state index < -0.39 is 0 Å². The number of hydrogen-bond donors (Lipinski definition) is 2. The Hall–Kier alpha value is -2.74. The van der Waals surface area contributed by atoms with Gasteiger partial charge in [0.2, 0.25) is 0 Å². The predicted octanol–water partition coefficient (Wildman–Crippen LogP) is 1.47. The molecule has 134 valence electrons. The van der Waals surface area contributed by atoms with Crippen molar-refractivity contribution in [2.24, 2.45) is 5.41 Å². The number of nitrogens with zero attached hydrogens (tertiary/aromatic N) is 5. The monoisotopic (exact) mass is 351 g/mol. The lowest BCUT2D eigenvalue weighted by molar-refractivity contribution is 0.0920. The Balaban J connectivity index is 1.37. The summed E-state index contributed by atoms with van der Waals surface area (Å²) in [6.45, 7) is 4.08. The first-order chi connectivity index (χ1) is 12.7. The van der Waals surface area contributed by atoms with E-state index in [4.69, 9.17) is 0 Å². The molecule has 3 aromatic heterocycles. The minimum Gasteiger partial charge on any atom is -0.354 e. The number of aromatic amines is 2. The number of nitrogens with one attached hydrogen (secondary N) is 2. The average molecular weight is 351 g/mol. The van der Waals surface area contributed by atoms with Crippen LogP contribution in [0.5, 0.6) is 0 Å². The van der Waals surface area contributed by atoms with E-state index in [2.05, 4.69) is 34.7 Å². The molecule has 26 heavy (non-hydrogen) atoms. The summed E-state index contributed by atoms with van der Waals surface area (Å²) in [5, 5.41) is 1.06. The number of anilines is 1. The third-order valence-electron chi connectivity index (χ3n) is 5.53. The molecule has 0 unspecified atom stereocenters. The first-order valence-electron chi connectivity index (χ1n) is 8.99. The minimum atomic E-state index is 0.0989. The zero-order valence-electron chi connectivity index (χ0n) is 14.5. The van der Waals surface area contributed by atoms with Gasteiger partial charge >= 0.3 is 0 Å². The van der Waals surface area contributed by atoms with Gasteiger partial charge in [-0.25, -0.2) is 15.0 Å². The van der Waals surface area contributed by atoms with Crippen LogP contribution in [0.4, 0.5) is 5.82 Å². The highest BCUT2D eigenvalue weighted by Crippen LogP contribution is 2.48. The van der Waals surface area contributed by atoms with Gasteiger partial charge in [-0.1, -0.05) is 0 Å². The Morgan fingerprint density at radius 1 is 1.19 bits per heavy atom. The number of carbonyl (C=O) groups is 1. The van der Waals surface area contributed by atoms with Gasteiger partial charge in [-0.05, 0) is 18.9 Å². The molecule has 1 saturated carbocycles. The summed E-state index contributed by atoms with van der Waals surface area (Å²) < 4.78 is 0. The van der Waals surface area contributed by atoms with Crippen molar-refractivity contribution >= 4 is 22.6 Å². The summed E-state index contributed by atoms with van der Waals surface area (Å²) in [5.41, 5.74) is 1.73. The number of ketones is 1. The van der Waals surface area contributed by atoms with Crippen LogP contribution >= 0.6 is 0 Å². The molecular weight excluding hydrogens is 330 g/mol. The van der Waals surface area contributed by atoms with Gasteiger partial charge in [0.05, 0.1) is 24.5 Å². The Morgan fingerprint density at radius 3 is 2.92 bits per heavy atom. The molecule has 0 bridgehead atoms. The normalized spacial score (nSPS) is 19.8. The maximum Gasteiger partial charge on any atom is 0.194 e. The molecule has 2 aliphatic rings. The van der Waals surface area contributed by atoms with E-state index in [0.29, 0.717) is 12.2 Å². The van der Waals surface area contributed by atoms with E-state index >= 15 is 0 Å². The van der Waals surface area contributed by atoms with Crippen molar-refractivity contribution in [3.8, 4) is 0 Å². The third-order valence-corrected chi connectivity index (χ3v) is 5.53. The number of aromatic nitrogens is 5. The largest absolute Gasteiger partial charge is 0.354 e. The second-order valence-corrected chi connectivity index (χ2v) is 7.46. The Morgan fingerprint density at radius 2 is 2.12 bits per heavy atom. The van der Waals surface area contributed by atoms with Crippen LogP contribution in [0.3, 0.4) is 0 Å². The molecule has 2 N–H and O–H groups in total. The second-order valence-electron chi connectivity index (χ2n) is 7.46. The van der Waals surface area contributed by atoms with Crippen molar-refractivity contribution in [2.45, 2.75) is 12.8 Å². The van der Waals surface area contributed by atoms with Crippen LogP contribution in [-0.2, 0) is 0 Å². The predicted molar refractivity (Wildman–Crippen MR) is 97.1 cm³/mol. The van der Waals surface area contributed by atoms with Gasteiger partial charge in [-0.2, -0.15) is 0 Å². The van der Waals surface area contributed by atoms with Gasteiger partial charge in [0.15, 0.2) is 5.78 Å². The van der Waals surface area contributed by atoms with Crippen LogP contribution in [-0.4, -0.2) is 68.3 Å². The van der Waals surface area contributed by atoms with E-state index in [1.165, 1.54) is 12.8 Å². The second kappa shape index (κ2) is 5.91. The van der Waals surface area contributed by atoms with Crippen molar-refractivity contribution in [3.63, 3.8) is 0 Å². The van der Waals surface area contributed by atoms with Gasteiger partial charge in [-0.3, -0.25) is 9.69 Å². The SMILES string of the molecule is O=C(CN1CCN(c2ncnc3[nH]ccc23)CC2(CC2)C1)c1cnc[nH]1. The molecule has 5 rings (SSSR count). The van der Waals surface area contributed by atoms with Crippen LogP contribution < -0.4 is 4.90 Å². The molecule has 2 fully saturated rings. The van der Waals surface area contributed by atoms with Crippen LogP contribution in [0.15, 0.2) is 31.1 Å². The molecule has 0 aromatic carbocycles. The lowest BCUT2D eigenvalue weighted by atomic mass is 10.1. The molecule has 3 aromatic rings. The standard InChI is InChI=1S/C18H21N7O/c26-15(14-7-19-11-21-14)8-24-5-6-25(10-18(9-24)2-3-18)17-13-1-4-20-16(13)22-12-23-17/h1,4,7,11-12H,2-3,5-6,8-10H2,(H,19,21)(H,20,22,23). The van der Waals surface area contributed by atoms with E-state index in [9.17, 15) is 4.79 Å². The third kappa shape index (κ3) is 2.76. The number of imidazole rings is 1. The molecular formula is C18H21N7O. The van der Waals surface area contributed by atoms with Gasteiger partial charge in [0, 0.05) is 37.8 Å². The summed E-state index contributed by atoms with van der Waals surface area (Å²) in [7, 11) is 0. The summed E-state index contributed by atoms with van der Waals surface area (Å²) in [6.07, 6.45) is 9.10. The Labute approximate surface area is 150 Å². The molecule has 8 heteroatoms. The summed E-state index contributed by atoms with van der Waals surface area (Å²) in [5.74, 6) is 1.09. The highest BCUT2D eigenvalue weighted by atomic mass is 16.1. The molecule has 0 atom stereocenters. The summed E-state index contributed by atoms with van der Waals surface area (Å²) >= 11 is 0. The summed E-state index contributed by atoms with van der Waals surface area (Å²) in [4.78, 5) is 36.0. The average Bonchev–Trinajstić information content (AvgIpc) is 3.05. The molecule has 1 aliphatic carbocycles. The Kier molecular flexibility index (Phi) is 3.53. The maximum absolute atomic E-state index is 12.5. The topological polar surface area (TPSA) is 93.8 Å². The van der Waals surface area contributed by atoms with Crippen molar-refractivity contribution in [2.75, 3.05) is 37.6 Å². The van der Waals surface area contributed by atoms with Gasteiger partial charge in [0.25, 0.3) is 0 Å². The number of hydrogen-bond acceptors (Lipinski definition) is 6. The van der Waals surface area contributed by atoms with E-state index in [1.807, 2.05) is 12.3 Å². The van der Waals surface area contributed by atoms with E-state index in [1.54, 1.807) is 18.9 Å². The number of carbonyl (C=O) groups excluding carboxylic acids is 1. The first kappa shape index (κ1) is 15.5. The smallest absolute Gasteiger partial charge is 0.194 e. The van der Waals surface area contributed by atoms with E-state index in [-0.39, 0.29) is 11.2 Å². The van der Waals surface area contributed by atoms with Crippen molar-refractivity contribution in [1.29, 1.82) is 0 Å². The highest BCUT2D eigenvalue weighted by molar-refractivity contribution is 5.95. The van der Waals surface area contributed by atoms with Gasteiger partial charge in [-0.15, -0.1) is 0 Å².